The van der Waals surface area contributed by atoms with Crippen LogP contribution in [0.5, 0.6) is 0 Å². The molecule has 110 valence electrons. The third kappa shape index (κ3) is 3.50. The maximum Gasteiger partial charge on any atom is 0.146 e. The number of nitrogens with zero attached hydrogens (tertiary/aromatic N) is 4. The van der Waals surface area contributed by atoms with Gasteiger partial charge in [0, 0.05) is 31.5 Å². The van der Waals surface area contributed by atoms with Gasteiger partial charge in [-0.2, -0.15) is 0 Å². The van der Waals surface area contributed by atoms with Crippen molar-refractivity contribution in [2.75, 3.05) is 29.9 Å². The molecule has 2 aromatic rings. The molecule has 0 saturated carbocycles. The molecule has 2 aromatic heterocycles. The summed E-state index contributed by atoms with van der Waals surface area (Å²) in [5.41, 5.74) is 1.04. The van der Waals surface area contributed by atoms with Crippen molar-refractivity contribution in [3.8, 4) is 0 Å². The highest BCUT2D eigenvalue weighted by Gasteiger charge is 2.24. The number of pyridine rings is 1. The summed E-state index contributed by atoms with van der Waals surface area (Å²) in [4.78, 5) is 15.2. The molecular weight excluding hydrogens is 330 g/mol. The van der Waals surface area contributed by atoms with E-state index in [1.807, 2.05) is 25.1 Å². The van der Waals surface area contributed by atoms with Gasteiger partial charge in [0.2, 0.25) is 0 Å². The van der Waals surface area contributed by atoms with E-state index < -0.39 is 0 Å². The topological polar surface area (TPSA) is 53.9 Å². The van der Waals surface area contributed by atoms with Gasteiger partial charge in [-0.15, -0.1) is 0 Å². The average molecular weight is 348 g/mol. The van der Waals surface area contributed by atoms with Crippen LogP contribution < -0.4 is 10.2 Å². The van der Waals surface area contributed by atoms with Gasteiger partial charge in [0.15, 0.2) is 0 Å². The van der Waals surface area contributed by atoms with Crippen molar-refractivity contribution in [1.29, 1.82) is 0 Å². The predicted octanol–water partition coefficient (Wildman–Crippen LogP) is 2.88. The van der Waals surface area contributed by atoms with Crippen LogP contribution in [-0.2, 0) is 0 Å². The second-order valence-corrected chi connectivity index (χ2v) is 6.19. The maximum atomic E-state index is 4.47. The van der Waals surface area contributed by atoms with Gasteiger partial charge in [0.05, 0.1) is 4.47 Å². The molecule has 5 nitrogen and oxygen atoms in total. The van der Waals surface area contributed by atoms with Gasteiger partial charge in [0.25, 0.3) is 0 Å². The van der Waals surface area contributed by atoms with Crippen LogP contribution in [0.3, 0.4) is 0 Å². The summed E-state index contributed by atoms with van der Waals surface area (Å²) < 4.78 is 0.957. The normalized spacial score (nSPS) is 18.0. The summed E-state index contributed by atoms with van der Waals surface area (Å²) in [7, 11) is 0. The minimum Gasteiger partial charge on any atom is -0.370 e. The zero-order chi connectivity index (χ0) is 14.7. The minimum atomic E-state index is 0.606. The molecule has 1 aliphatic rings. The third-order valence-corrected chi connectivity index (χ3v) is 4.25. The van der Waals surface area contributed by atoms with Gasteiger partial charge in [-0.05, 0) is 47.3 Å². The molecule has 0 bridgehead atoms. The molecule has 0 aliphatic carbocycles. The van der Waals surface area contributed by atoms with Crippen molar-refractivity contribution in [3.63, 3.8) is 0 Å². The zero-order valence-electron chi connectivity index (χ0n) is 12.0. The Morgan fingerprint density at radius 2 is 2.33 bits per heavy atom. The van der Waals surface area contributed by atoms with Crippen LogP contribution in [0.2, 0.25) is 0 Å². The Morgan fingerprint density at radius 3 is 3.14 bits per heavy atom. The smallest absolute Gasteiger partial charge is 0.146 e. The standard InChI is InChI=1S/C15H18BrN5/c1-11-3-2-4-14(20-11)18-7-12-5-6-21(9-12)15-13(16)8-17-10-19-15/h2-4,8,10,12H,5-7,9H2,1H3,(H,18,20). The molecule has 0 radical (unpaired) electrons. The van der Waals surface area contributed by atoms with Gasteiger partial charge >= 0.3 is 0 Å². The van der Waals surface area contributed by atoms with Crippen molar-refractivity contribution >= 4 is 27.6 Å². The first kappa shape index (κ1) is 14.3. The number of nitrogens with one attached hydrogen (secondary N) is 1. The van der Waals surface area contributed by atoms with Gasteiger partial charge < -0.3 is 10.2 Å². The number of hydrogen-bond acceptors (Lipinski definition) is 5. The van der Waals surface area contributed by atoms with E-state index in [1.54, 1.807) is 12.5 Å². The summed E-state index contributed by atoms with van der Waals surface area (Å²) in [6, 6.07) is 6.06. The molecule has 6 heteroatoms. The third-order valence-electron chi connectivity index (χ3n) is 3.69. The molecule has 0 aromatic carbocycles. The molecule has 0 amide bonds. The summed E-state index contributed by atoms with van der Waals surface area (Å²) in [5.74, 6) is 2.55. The molecule has 1 aliphatic heterocycles. The lowest BCUT2D eigenvalue weighted by Gasteiger charge is -2.18. The number of halogens is 1. The van der Waals surface area contributed by atoms with Crippen molar-refractivity contribution < 1.29 is 0 Å². The quantitative estimate of drug-likeness (QED) is 0.921. The van der Waals surface area contributed by atoms with Gasteiger partial charge in [-0.1, -0.05) is 6.07 Å². The highest BCUT2D eigenvalue weighted by Crippen LogP contribution is 2.27. The lowest BCUT2D eigenvalue weighted by molar-refractivity contribution is 0.620. The Labute approximate surface area is 133 Å². The van der Waals surface area contributed by atoms with Crippen molar-refractivity contribution in [2.45, 2.75) is 13.3 Å². The van der Waals surface area contributed by atoms with E-state index in [1.165, 1.54) is 0 Å². The molecule has 1 N–H and O–H groups in total. The second kappa shape index (κ2) is 6.39. The summed E-state index contributed by atoms with van der Waals surface area (Å²) in [6.07, 6.45) is 4.56. The van der Waals surface area contributed by atoms with E-state index >= 15 is 0 Å². The number of aromatic nitrogens is 3. The van der Waals surface area contributed by atoms with Crippen LogP contribution in [0.4, 0.5) is 11.6 Å². The van der Waals surface area contributed by atoms with E-state index in [0.29, 0.717) is 5.92 Å². The predicted molar refractivity (Wildman–Crippen MR) is 87.5 cm³/mol. The lowest BCUT2D eigenvalue weighted by atomic mass is 10.1. The summed E-state index contributed by atoms with van der Waals surface area (Å²) in [6.45, 7) is 4.99. The average Bonchev–Trinajstić information content (AvgIpc) is 2.94. The Morgan fingerprint density at radius 1 is 1.43 bits per heavy atom. The molecule has 3 rings (SSSR count). The first-order chi connectivity index (χ1) is 10.2. The van der Waals surface area contributed by atoms with Crippen LogP contribution in [0.1, 0.15) is 12.1 Å². The Bertz CT molecular complexity index is 619. The first-order valence-electron chi connectivity index (χ1n) is 7.10. The molecular formula is C15H18BrN5. The zero-order valence-corrected chi connectivity index (χ0v) is 13.5. The fourth-order valence-corrected chi connectivity index (χ4v) is 3.09. The Kier molecular flexibility index (Phi) is 4.34. The van der Waals surface area contributed by atoms with E-state index in [-0.39, 0.29) is 0 Å². The highest BCUT2D eigenvalue weighted by atomic mass is 79.9. The monoisotopic (exact) mass is 347 g/mol. The van der Waals surface area contributed by atoms with Crippen molar-refractivity contribution in [1.82, 2.24) is 15.0 Å². The number of hydrogen-bond donors (Lipinski definition) is 1. The van der Waals surface area contributed by atoms with E-state index in [0.717, 1.165) is 47.9 Å². The number of rotatable bonds is 4. The Balaban J connectivity index is 1.57. The lowest BCUT2D eigenvalue weighted by Crippen LogP contribution is -2.23. The second-order valence-electron chi connectivity index (χ2n) is 5.34. The summed E-state index contributed by atoms with van der Waals surface area (Å²) >= 11 is 3.52. The van der Waals surface area contributed by atoms with Crippen LogP contribution in [0.15, 0.2) is 35.2 Å². The number of anilines is 2. The van der Waals surface area contributed by atoms with E-state index in [2.05, 4.69) is 41.1 Å². The Hall–Kier alpha value is -1.69. The van der Waals surface area contributed by atoms with Crippen molar-refractivity contribution in [3.05, 3.63) is 40.9 Å². The fourth-order valence-electron chi connectivity index (χ4n) is 2.62. The van der Waals surface area contributed by atoms with Crippen LogP contribution in [0.25, 0.3) is 0 Å². The van der Waals surface area contributed by atoms with Crippen LogP contribution in [-0.4, -0.2) is 34.6 Å². The highest BCUT2D eigenvalue weighted by molar-refractivity contribution is 9.10. The van der Waals surface area contributed by atoms with E-state index in [9.17, 15) is 0 Å². The van der Waals surface area contributed by atoms with Crippen LogP contribution in [0, 0.1) is 12.8 Å². The van der Waals surface area contributed by atoms with Gasteiger partial charge in [-0.3, -0.25) is 0 Å². The maximum absolute atomic E-state index is 4.47. The summed E-state index contributed by atoms with van der Waals surface area (Å²) in [5, 5.41) is 3.43. The van der Waals surface area contributed by atoms with Crippen LogP contribution >= 0.6 is 15.9 Å². The SMILES string of the molecule is Cc1cccc(NCC2CCN(c3ncncc3Br)C2)n1. The van der Waals surface area contributed by atoms with Gasteiger partial charge in [-0.25, -0.2) is 15.0 Å². The fraction of sp³-hybridized carbons (Fsp3) is 0.400. The number of aryl methyl sites for hydroxylation is 1. The molecule has 21 heavy (non-hydrogen) atoms. The molecule has 3 heterocycles. The molecule has 1 atom stereocenters. The molecule has 0 spiro atoms. The minimum absolute atomic E-state index is 0.606. The van der Waals surface area contributed by atoms with E-state index in [4.69, 9.17) is 0 Å². The van der Waals surface area contributed by atoms with Crippen molar-refractivity contribution in [2.24, 2.45) is 5.92 Å². The molecule has 1 fully saturated rings. The molecule has 1 unspecified atom stereocenters. The largest absolute Gasteiger partial charge is 0.370 e. The van der Waals surface area contributed by atoms with Gasteiger partial charge in [0.1, 0.15) is 18.0 Å². The first-order valence-corrected chi connectivity index (χ1v) is 7.89. The molecule has 1 saturated heterocycles.